The number of para-hydroxylation sites is 2. The van der Waals surface area contributed by atoms with Gasteiger partial charge in [0.2, 0.25) is 11.4 Å². The van der Waals surface area contributed by atoms with Gasteiger partial charge in [0.25, 0.3) is 0 Å². The van der Waals surface area contributed by atoms with Crippen LogP contribution < -0.4 is 10.3 Å². The Labute approximate surface area is 102 Å². The number of carbonyl (C=O) groups excluding carboxylic acids is 1. The van der Waals surface area contributed by atoms with Gasteiger partial charge in [-0.05, 0) is 24.3 Å². The van der Waals surface area contributed by atoms with Crippen molar-refractivity contribution in [1.29, 1.82) is 0 Å². The van der Waals surface area contributed by atoms with Crippen molar-refractivity contribution in [3.05, 3.63) is 54.4 Å². The topological polar surface area (TPSA) is 73.0 Å². The zero-order valence-corrected chi connectivity index (χ0v) is 9.41. The van der Waals surface area contributed by atoms with Crippen LogP contribution in [-0.4, -0.2) is 10.9 Å². The van der Waals surface area contributed by atoms with E-state index in [0.717, 1.165) is 11.1 Å². The van der Waals surface area contributed by atoms with E-state index < -0.39 is 5.91 Å². The number of hydrogen-bond donors (Lipinski definition) is 1. The van der Waals surface area contributed by atoms with Gasteiger partial charge in [-0.2, -0.15) is 4.57 Å². The van der Waals surface area contributed by atoms with E-state index in [-0.39, 0.29) is 0 Å². The molecule has 0 bridgehead atoms. The van der Waals surface area contributed by atoms with E-state index in [1.54, 1.807) is 29.1 Å². The van der Waals surface area contributed by atoms with Crippen molar-refractivity contribution in [1.82, 2.24) is 4.98 Å². The summed E-state index contributed by atoms with van der Waals surface area (Å²) in [5.41, 5.74) is 7.14. The second kappa shape index (κ2) is 3.96. The smallest absolute Gasteiger partial charge is 0.384 e. The summed E-state index contributed by atoms with van der Waals surface area (Å²) in [4.78, 5) is 15.3. The van der Waals surface area contributed by atoms with Crippen LogP contribution in [0, 0.1) is 0 Å². The van der Waals surface area contributed by atoms with E-state index in [1.807, 2.05) is 24.3 Å². The first kappa shape index (κ1) is 10.5. The molecule has 3 rings (SSSR count). The average Bonchev–Trinajstić information content (AvgIpc) is 2.82. The molecule has 5 nitrogen and oxygen atoms in total. The Hall–Kier alpha value is -2.69. The number of fused-ring (bicyclic) bond motifs is 1. The highest BCUT2D eigenvalue weighted by atomic mass is 16.4. The predicted molar refractivity (Wildman–Crippen MR) is 64.1 cm³/mol. The first-order chi connectivity index (χ1) is 8.74. The molecule has 2 aromatic heterocycles. The Morgan fingerprint density at radius 2 is 1.89 bits per heavy atom. The molecule has 0 radical (unpaired) electrons. The first-order valence-corrected chi connectivity index (χ1v) is 5.41. The summed E-state index contributed by atoms with van der Waals surface area (Å²) in [5, 5.41) is 0. The van der Waals surface area contributed by atoms with Crippen LogP contribution >= 0.6 is 0 Å². The lowest BCUT2D eigenvalue weighted by Crippen LogP contribution is -2.30. The Balaban J connectivity index is 2.06. The number of pyridine rings is 1. The van der Waals surface area contributed by atoms with E-state index in [0.29, 0.717) is 11.6 Å². The second-order valence-corrected chi connectivity index (χ2v) is 3.82. The van der Waals surface area contributed by atoms with Crippen molar-refractivity contribution >= 4 is 17.0 Å². The number of primary amides is 1. The minimum atomic E-state index is -0.459. The largest absolute Gasteiger partial charge is 0.509 e. The van der Waals surface area contributed by atoms with Crippen molar-refractivity contribution in [2.24, 2.45) is 5.73 Å². The third-order valence-electron chi connectivity index (χ3n) is 2.62. The molecule has 0 spiro atoms. The standard InChI is InChI=1S/C13H9N3O2/c14-12(17)9-5-7-16(8-6-9)13-15-10-3-1-2-4-11(10)18-13/h1-8H,(H-,14,17)/p+1. The molecular formula is C13H10N3O2+. The molecule has 1 amide bonds. The van der Waals surface area contributed by atoms with Crippen molar-refractivity contribution in [3.63, 3.8) is 0 Å². The highest BCUT2D eigenvalue weighted by Gasteiger charge is 2.16. The summed E-state index contributed by atoms with van der Waals surface area (Å²) >= 11 is 0. The monoisotopic (exact) mass is 240 g/mol. The second-order valence-electron chi connectivity index (χ2n) is 3.82. The summed E-state index contributed by atoms with van der Waals surface area (Å²) in [7, 11) is 0. The van der Waals surface area contributed by atoms with Crippen LogP contribution in [-0.2, 0) is 0 Å². The van der Waals surface area contributed by atoms with Gasteiger partial charge in [-0.1, -0.05) is 12.1 Å². The number of aromatic nitrogens is 2. The third kappa shape index (κ3) is 1.71. The lowest BCUT2D eigenvalue weighted by molar-refractivity contribution is -0.612. The molecule has 0 aliphatic carbocycles. The van der Waals surface area contributed by atoms with Crippen molar-refractivity contribution in [2.75, 3.05) is 0 Å². The molecule has 0 aliphatic heterocycles. The van der Waals surface area contributed by atoms with Gasteiger partial charge >= 0.3 is 6.01 Å². The Morgan fingerprint density at radius 3 is 2.56 bits per heavy atom. The number of oxazole rings is 1. The molecule has 3 aromatic rings. The van der Waals surface area contributed by atoms with Gasteiger partial charge in [0.05, 0.1) is 0 Å². The molecule has 18 heavy (non-hydrogen) atoms. The van der Waals surface area contributed by atoms with Gasteiger partial charge in [0.15, 0.2) is 5.58 Å². The van der Waals surface area contributed by atoms with Gasteiger partial charge in [-0.15, -0.1) is 0 Å². The highest BCUT2D eigenvalue weighted by molar-refractivity contribution is 5.92. The fourth-order valence-electron chi connectivity index (χ4n) is 1.69. The van der Waals surface area contributed by atoms with Gasteiger partial charge in [-0.25, -0.2) is 0 Å². The number of benzene rings is 1. The Morgan fingerprint density at radius 1 is 1.17 bits per heavy atom. The maximum absolute atomic E-state index is 11.0. The highest BCUT2D eigenvalue weighted by Crippen LogP contribution is 2.14. The lowest BCUT2D eigenvalue weighted by Gasteiger charge is -1.94. The fraction of sp³-hybridized carbons (Fsp3) is 0. The Kier molecular flexibility index (Phi) is 2.30. The van der Waals surface area contributed by atoms with Gasteiger partial charge in [0, 0.05) is 10.5 Å². The maximum atomic E-state index is 11.0. The Bertz CT molecular complexity index is 683. The number of rotatable bonds is 2. The van der Waals surface area contributed by atoms with Crippen LogP contribution in [0.3, 0.4) is 0 Å². The van der Waals surface area contributed by atoms with Gasteiger partial charge in [0.1, 0.15) is 12.4 Å². The first-order valence-electron chi connectivity index (χ1n) is 5.41. The molecule has 88 valence electrons. The molecule has 0 aliphatic rings. The molecule has 0 atom stereocenters. The molecule has 0 unspecified atom stereocenters. The van der Waals surface area contributed by atoms with Crippen molar-refractivity contribution in [2.45, 2.75) is 0 Å². The van der Waals surface area contributed by atoms with Gasteiger partial charge in [-0.3, -0.25) is 4.79 Å². The quantitative estimate of drug-likeness (QED) is 0.684. The van der Waals surface area contributed by atoms with E-state index in [4.69, 9.17) is 10.2 Å². The van der Waals surface area contributed by atoms with E-state index >= 15 is 0 Å². The predicted octanol–water partition coefficient (Wildman–Crippen LogP) is 1.20. The van der Waals surface area contributed by atoms with Crippen molar-refractivity contribution < 1.29 is 13.8 Å². The molecule has 1 aromatic carbocycles. The van der Waals surface area contributed by atoms with E-state index in [9.17, 15) is 4.79 Å². The zero-order chi connectivity index (χ0) is 12.5. The fourth-order valence-corrected chi connectivity index (χ4v) is 1.69. The van der Waals surface area contributed by atoms with E-state index in [1.165, 1.54) is 0 Å². The summed E-state index contributed by atoms with van der Waals surface area (Å²) in [6.07, 6.45) is 3.37. The number of carbonyl (C=O) groups is 1. The SMILES string of the molecule is NC(=O)c1cc[n+](-c2nc3ccccc3o2)cc1. The van der Waals surface area contributed by atoms with E-state index in [2.05, 4.69) is 4.98 Å². The van der Waals surface area contributed by atoms with Crippen LogP contribution in [0.1, 0.15) is 10.4 Å². The van der Waals surface area contributed by atoms with Crippen LogP contribution in [0.2, 0.25) is 0 Å². The average molecular weight is 240 g/mol. The molecule has 2 heterocycles. The molecular weight excluding hydrogens is 230 g/mol. The lowest BCUT2D eigenvalue weighted by atomic mass is 10.2. The molecule has 5 heteroatoms. The van der Waals surface area contributed by atoms with Crippen LogP contribution in [0.15, 0.2) is 53.2 Å². The number of amides is 1. The molecule has 0 saturated heterocycles. The number of nitrogens with zero attached hydrogens (tertiary/aromatic N) is 2. The number of hydrogen-bond acceptors (Lipinski definition) is 3. The molecule has 0 saturated carbocycles. The summed E-state index contributed by atoms with van der Waals surface area (Å²) < 4.78 is 7.28. The van der Waals surface area contributed by atoms with Crippen LogP contribution in [0.25, 0.3) is 17.1 Å². The normalized spacial score (nSPS) is 10.7. The summed E-state index contributed by atoms with van der Waals surface area (Å²) in [5.74, 6) is -0.459. The maximum Gasteiger partial charge on any atom is 0.509 e. The third-order valence-corrected chi connectivity index (χ3v) is 2.62. The van der Waals surface area contributed by atoms with Gasteiger partial charge < -0.3 is 10.2 Å². The minimum Gasteiger partial charge on any atom is -0.384 e. The number of nitrogens with two attached hydrogens (primary N) is 1. The summed E-state index contributed by atoms with van der Waals surface area (Å²) in [6, 6.07) is 11.2. The summed E-state index contributed by atoms with van der Waals surface area (Å²) in [6.45, 7) is 0. The minimum absolute atomic E-state index is 0.447. The van der Waals surface area contributed by atoms with Crippen molar-refractivity contribution in [3.8, 4) is 6.01 Å². The molecule has 2 N–H and O–H groups in total. The molecule has 0 fully saturated rings. The van der Waals surface area contributed by atoms with Crippen LogP contribution in [0.4, 0.5) is 0 Å². The zero-order valence-electron chi connectivity index (χ0n) is 9.41. The van der Waals surface area contributed by atoms with Crippen LogP contribution in [0.5, 0.6) is 0 Å².